The zero-order chi connectivity index (χ0) is 6.57. The Hall–Kier alpha value is -0.460. The van der Waals surface area contributed by atoms with Gasteiger partial charge in [-0.2, -0.15) is 13.8 Å². The summed E-state index contributed by atoms with van der Waals surface area (Å²) in [5.41, 5.74) is 1.91. The van der Waals surface area contributed by atoms with Crippen molar-refractivity contribution < 1.29 is 13.5 Å². The zero-order valence-corrected chi connectivity index (χ0v) is 5.01. The van der Waals surface area contributed by atoms with Crippen molar-refractivity contribution >= 4 is 10.5 Å². The first-order chi connectivity index (χ1) is 3.63. The summed E-state index contributed by atoms with van der Waals surface area (Å²) in [7, 11) is -2.48. The van der Waals surface area contributed by atoms with E-state index in [1.807, 2.05) is 5.43 Å². The number of aliphatic hydroxyl groups excluding tert-OH is 1. The van der Waals surface area contributed by atoms with Gasteiger partial charge in [0.05, 0.1) is 0 Å². The molecular weight excluding hydrogens is 132 g/mol. The van der Waals surface area contributed by atoms with Crippen molar-refractivity contribution in [1.29, 1.82) is 0 Å². The molecule has 0 saturated heterocycles. The molecule has 6 heteroatoms. The average Bonchev–Trinajstić information content (AvgIpc) is 1.61. The van der Waals surface area contributed by atoms with Crippen molar-refractivity contribution in [3.63, 3.8) is 0 Å². The SMILES string of the molecule is CC(O)NN=S(=O)=O. The highest BCUT2D eigenvalue weighted by molar-refractivity contribution is 7.61. The molecule has 0 radical (unpaired) electrons. The number of aliphatic hydroxyl groups is 1. The molecule has 0 rings (SSSR count). The molecule has 0 aliphatic carbocycles. The molecule has 8 heavy (non-hydrogen) atoms. The topological polar surface area (TPSA) is 78.8 Å². The Balaban J connectivity index is 3.62. The van der Waals surface area contributed by atoms with E-state index in [0.29, 0.717) is 0 Å². The summed E-state index contributed by atoms with van der Waals surface area (Å²) < 4.78 is 21.9. The maximum Gasteiger partial charge on any atom is 0.328 e. The Kier molecular flexibility index (Phi) is 3.33. The van der Waals surface area contributed by atoms with Crippen LogP contribution in [0.15, 0.2) is 4.47 Å². The number of hydrogen-bond acceptors (Lipinski definition) is 4. The lowest BCUT2D eigenvalue weighted by atomic mass is 10.7. The van der Waals surface area contributed by atoms with Gasteiger partial charge in [0.2, 0.25) is 0 Å². The lowest BCUT2D eigenvalue weighted by Gasteiger charge is -1.93. The minimum Gasteiger partial charge on any atom is -0.377 e. The highest BCUT2D eigenvalue weighted by atomic mass is 32.2. The summed E-state index contributed by atoms with van der Waals surface area (Å²) in [6.07, 6.45) is -0.923. The van der Waals surface area contributed by atoms with Crippen LogP contribution in [0.4, 0.5) is 0 Å². The van der Waals surface area contributed by atoms with Crippen molar-refractivity contribution in [2.75, 3.05) is 0 Å². The second kappa shape index (κ2) is 3.53. The van der Waals surface area contributed by atoms with Crippen LogP contribution in [0.25, 0.3) is 0 Å². The Morgan fingerprint density at radius 3 is 2.38 bits per heavy atom. The van der Waals surface area contributed by atoms with E-state index >= 15 is 0 Å². The van der Waals surface area contributed by atoms with E-state index in [-0.39, 0.29) is 0 Å². The van der Waals surface area contributed by atoms with Crippen LogP contribution in [0.1, 0.15) is 6.92 Å². The number of nitrogens with one attached hydrogen (secondary N) is 1. The van der Waals surface area contributed by atoms with Crippen LogP contribution in [-0.2, 0) is 10.5 Å². The van der Waals surface area contributed by atoms with Gasteiger partial charge in [-0.15, -0.1) is 0 Å². The van der Waals surface area contributed by atoms with E-state index < -0.39 is 16.7 Å². The van der Waals surface area contributed by atoms with Crippen LogP contribution in [-0.4, -0.2) is 19.8 Å². The maximum atomic E-state index is 9.56. The van der Waals surface area contributed by atoms with Crippen LogP contribution < -0.4 is 5.43 Å². The fourth-order valence-electron chi connectivity index (χ4n) is 0.119. The molecule has 48 valence electrons. The second-order valence-corrected chi connectivity index (χ2v) is 1.73. The highest BCUT2D eigenvalue weighted by Gasteiger charge is 1.86. The maximum absolute atomic E-state index is 9.56. The van der Waals surface area contributed by atoms with Gasteiger partial charge < -0.3 is 5.11 Å². The molecule has 0 aromatic rings. The smallest absolute Gasteiger partial charge is 0.328 e. The minimum absolute atomic E-state index is 0.923. The van der Waals surface area contributed by atoms with Gasteiger partial charge in [-0.1, -0.05) is 4.47 Å². The van der Waals surface area contributed by atoms with Crippen LogP contribution in [0, 0.1) is 0 Å². The predicted molar refractivity (Wildman–Crippen MR) is 26.2 cm³/mol. The van der Waals surface area contributed by atoms with E-state index in [1.54, 1.807) is 0 Å². The standard InChI is InChI=1S/C2H6N2O3S/c1-2(5)3-4-8(6)7/h2-3,5H,1H3. The molecule has 5 nitrogen and oxygen atoms in total. The summed E-state index contributed by atoms with van der Waals surface area (Å²) in [6.45, 7) is 1.36. The number of nitrogens with zero attached hydrogens (tertiary/aromatic N) is 1. The van der Waals surface area contributed by atoms with Crippen molar-refractivity contribution in [2.24, 2.45) is 4.47 Å². The first-order valence-corrected chi connectivity index (χ1v) is 2.90. The summed E-state index contributed by atoms with van der Waals surface area (Å²) >= 11 is 0. The third kappa shape index (κ3) is 5.54. The van der Waals surface area contributed by atoms with Gasteiger partial charge in [0.1, 0.15) is 6.23 Å². The van der Waals surface area contributed by atoms with Gasteiger partial charge in [0.15, 0.2) is 0 Å². The second-order valence-electron chi connectivity index (χ2n) is 1.11. The summed E-state index contributed by atoms with van der Waals surface area (Å²) in [5, 5.41) is 8.32. The lowest BCUT2D eigenvalue weighted by Crippen LogP contribution is -2.18. The quantitative estimate of drug-likeness (QED) is 0.374. The number of rotatable bonds is 2. The Morgan fingerprint density at radius 2 is 2.25 bits per heavy atom. The molecule has 0 aromatic carbocycles. The minimum atomic E-state index is -2.48. The molecule has 0 saturated carbocycles. The first kappa shape index (κ1) is 7.54. The summed E-state index contributed by atoms with van der Waals surface area (Å²) in [4.78, 5) is 0. The van der Waals surface area contributed by atoms with Crippen molar-refractivity contribution in [3.05, 3.63) is 0 Å². The Bertz CT molecular complexity index is 162. The molecule has 0 heterocycles. The Morgan fingerprint density at radius 1 is 1.75 bits per heavy atom. The molecule has 0 bridgehead atoms. The third-order valence-corrected chi connectivity index (χ3v) is 0.569. The van der Waals surface area contributed by atoms with E-state index in [1.165, 1.54) is 6.92 Å². The molecular formula is C2H6N2O3S. The summed E-state index contributed by atoms with van der Waals surface area (Å²) in [6, 6.07) is 0. The van der Waals surface area contributed by atoms with E-state index in [2.05, 4.69) is 4.47 Å². The fourth-order valence-corrected chi connectivity index (χ4v) is 0.358. The summed E-state index contributed by atoms with van der Waals surface area (Å²) in [5.74, 6) is 0. The van der Waals surface area contributed by atoms with Gasteiger partial charge in [-0.3, -0.25) is 0 Å². The normalized spacial score (nSPS) is 12.8. The predicted octanol–water partition coefficient (Wildman–Crippen LogP) is -1.11. The van der Waals surface area contributed by atoms with Crippen LogP contribution >= 0.6 is 0 Å². The molecule has 0 fully saturated rings. The molecule has 1 atom stereocenters. The van der Waals surface area contributed by atoms with E-state index in [4.69, 9.17) is 5.11 Å². The molecule has 0 aliphatic rings. The molecule has 0 amide bonds. The fraction of sp³-hybridized carbons (Fsp3) is 1.00. The van der Waals surface area contributed by atoms with Crippen LogP contribution in [0.3, 0.4) is 0 Å². The van der Waals surface area contributed by atoms with Gasteiger partial charge in [-0.05, 0) is 6.92 Å². The van der Waals surface area contributed by atoms with Gasteiger partial charge >= 0.3 is 10.5 Å². The van der Waals surface area contributed by atoms with E-state index in [0.717, 1.165) is 0 Å². The average molecular weight is 138 g/mol. The lowest BCUT2D eigenvalue weighted by molar-refractivity contribution is 0.159. The Labute approximate surface area is 48.0 Å². The van der Waals surface area contributed by atoms with Crippen molar-refractivity contribution in [2.45, 2.75) is 13.2 Å². The van der Waals surface area contributed by atoms with Crippen molar-refractivity contribution in [1.82, 2.24) is 5.43 Å². The largest absolute Gasteiger partial charge is 0.377 e. The third-order valence-electron chi connectivity index (χ3n) is 0.314. The number of hydrogen-bond donors (Lipinski definition) is 2. The monoisotopic (exact) mass is 138 g/mol. The van der Waals surface area contributed by atoms with Gasteiger partial charge in [-0.25, -0.2) is 0 Å². The molecule has 2 N–H and O–H groups in total. The van der Waals surface area contributed by atoms with Gasteiger partial charge in [0, 0.05) is 0 Å². The molecule has 0 spiro atoms. The van der Waals surface area contributed by atoms with Crippen molar-refractivity contribution in [3.8, 4) is 0 Å². The first-order valence-electron chi connectivity index (χ1n) is 1.86. The van der Waals surface area contributed by atoms with Crippen LogP contribution in [0.2, 0.25) is 0 Å². The van der Waals surface area contributed by atoms with E-state index in [9.17, 15) is 8.42 Å². The molecule has 0 aliphatic heterocycles. The zero-order valence-electron chi connectivity index (χ0n) is 4.20. The van der Waals surface area contributed by atoms with Gasteiger partial charge in [0.25, 0.3) is 0 Å². The molecule has 0 aromatic heterocycles. The van der Waals surface area contributed by atoms with Crippen LogP contribution in [0.5, 0.6) is 0 Å². The molecule has 1 unspecified atom stereocenters. The highest BCUT2D eigenvalue weighted by Crippen LogP contribution is 1.67.